The van der Waals surface area contributed by atoms with Crippen LogP contribution in [0.25, 0.3) is 0 Å². The first-order chi connectivity index (χ1) is 12.0. The lowest BCUT2D eigenvalue weighted by Gasteiger charge is -2.44. The van der Waals surface area contributed by atoms with Gasteiger partial charge in [-0.2, -0.15) is 0 Å². The number of aliphatic hydroxyl groups is 1. The van der Waals surface area contributed by atoms with E-state index < -0.39 is 17.6 Å². The number of carbonyl (C=O) groups is 1. The van der Waals surface area contributed by atoms with Crippen LogP contribution in [0.1, 0.15) is 36.8 Å². The number of esters is 1. The van der Waals surface area contributed by atoms with Gasteiger partial charge in [0, 0.05) is 12.0 Å². The molecule has 1 saturated carbocycles. The Morgan fingerprint density at radius 1 is 1.12 bits per heavy atom. The van der Waals surface area contributed by atoms with Crippen molar-refractivity contribution >= 4 is 5.97 Å². The Morgan fingerprint density at radius 3 is 2.32 bits per heavy atom. The van der Waals surface area contributed by atoms with Crippen LogP contribution in [0.5, 0.6) is 0 Å². The maximum atomic E-state index is 12.6. The van der Waals surface area contributed by atoms with Crippen molar-refractivity contribution in [2.45, 2.75) is 37.3 Å². The standard InChI is InChI=1S/C21H25NO3/c1-2-25-20(23)19-17(15-9-5-3-6-10-15)13-21(24,14-18(19)22)16-11-7-4-8-12-16/h3-12,17-19,24H,2,13-14,22H2,1H3/t17-,18+,19-,21+/m1/s1. The molecule has 0 aromatic heterocycles. The van der Waals surface area contributed by atoms with E-state index in [4.69, 9.17) is 10.5 Å². The van der Waals surface area contributed by atoms with Crippen molar-refractivity contribution in [3.05, 3.63) is 71.8 Å². The lowest BCUT2D eigenvalue weighted by Crippen LogP contribution is -2.51. The van der Waals surface area contributed by atoms with E-state index in [2.05, 4.69) is 0 Å². The topological polar surface area (TPSA) is 72.5 Å². The minimum atomic E-state index is -1.05. The van der Waals surface area contributed by atoms with E-state index in [1.807, 2.05) is 60.7 Å². The third-order valence-electron chi connectivity index (χ3n) is 5.12. The van der Waals surface area contributed by atoms with Crippen molar-refractivity contribution in [1.82, 2.24) is 0 Å². The molecule has 4 atom stereocenters. The van der Waals surface area contributed by atoms with Gasteiger partial charge in [0.1, 0.15) is 0 Å². The summed E-state index contributed by atoms with van der Waals surface area (Å²) in [6.45, 7) is 2.12. The van der Waals surface area contributed by atoms with Crippen LogP contribution in [0.15, 0.2) is 60.7 Å². The highest BCUT2D eigenvalue weighted by Crippen LogP contribution is 2.47. The van der Waals surface area contributed by atoms with Crippen LogP contribution in [-0.4, -0.2) is 23.7 Å². The fraction of sp³-hybridized carbons (Fsp3) is 0.381. The minimum absolute atomic E-state index is 0.186. The van der Waals surface area contributed by atoms with E-state index in [1.165, 1.54) is 0 Å². The third-order valence-corrected chi connectivity index (χ3v) is 5.12. The third kappa shape index (κ3) is 3.60. The number of carbonyl (C=O) groups excluding carboxylic acids is 1. The molecule has 0 unspecified atom stereocenters. The molecule has 4 nitrogen and oxygen atoms in total. The summed E-state index contributed by atoms with van der Waals surface area (Å²) in [5.41, 5.74) is 7.18. The van der Waals surface area contributed by atoms with Gasteiger partial charge < -0.3 is 15.6 Å². The molecule has 0 aliphatic heterocycles. The molecule has 0 heterocycles. The van der Waals surface area contributed by atoms with Crippen LogP contribution in [0.2, 0.25) is 0 Å². The van der Waals surface area contributed by atoms with Crippen molar-refractivity contribution in [3.8, 4) is 0 Å². The van der Waals surface area contributed by atoms with Gasteiger partial charge in [0.15, 0.2) is 0 Å². The summed E-state index contributed by atoms with van der Waals surface area (Å²) in [5, 5.41) is 11.3. The van der Waals surface area contributed by atoms with Crippen LogP contribution < -0.4 is 5.73 Å². The Kier molecular flexibility index (Phi) is 5.21. The molecule has 4 heteroatoms. The van der Waals surface area contributed by atoms with E-state index >= 15 is 0 Å². The molecule has 0 saturated heterocycles. The molecule has 2 aromatic carbocycles. The summed E-state index contributed by atoms with van der Waals surface area (Å²) in [6.07, 6.45) is 0.780. The maximum absolute atomic E-state index is 12.6. The maximum Gasteiger partial charge on any atom is 0.311 e. The summed E-state index contributed by atoms with van der Waals surface area (Å²) in [4.78, 5) is 12.6. The molecule has 0 radical (unpaired) electrons. The van der Waals surface area contributed by atoms with Crippen LogP contribution >= 0.6 is 0 Å². The average molecular weight is 339 g/mol. The van der Waals surface area contributed by atoms with Crippen molar-refractivity contribution in [1.29, 1.82) is 0 Å². The number of hydrogen-bond donors (Lipinski definition) is 2. The second-order valence-corrected chi connectivity index (χ2v) is 6.76. The van der Waals surface area contributed by atoms with Crippen LogP contribution in [0.4, 0.5) is 0 Å². The zero-order valence-corrected chi connectivity index (χ0v) is 14.5. The van der Waals surface area contributed by atoms with E-state index in [-0.39, 0.29) is 11.9 Å². The number of nitrogens with two attached hydrogens (primary N) is 1. The summed E-state index contributed by atoms with van der Waals surface area (Å²) in [7, 11) is 0. The highest BCUT2D eigenvalue weighted by atomic mass is 16.5. The highest BCUT2D eigenvalue weighted by molar-refractivity contribution is 5.75. The molecule has 25 heavy (non-hydrogen) atoms. The van der Waals surface area contributed by atoms with Gasteiger partial charge in [0.05, 0.1) is 18.1 Å². The second-order valence-electron chi connectivity index (χ2n) is 6.76. The number of ether oxygens (including phenoxy) is 1. The smallest absolute Gasteiger partial charge is 0.311 e. The molecule has 0 spiro atoms. The molecular weight excluding hydrogens is 314 g/mol. The first kappa shape index (κ1) is 17.6. The van der Waals surface area contributed by atoms with Gasteiger partial charge in [0.25, 0.3) is 0 Å². The van der Waals surface area contributed by atoms with Gasteiger partial charge in [-0.25, -0.2) is 0 Å². The molecule has 1 aliphatic rings. The van der Waals surface area contributed by atoms with Crippen LogP contribution in [0.3, 0.4) is 0 Å². The van der Waals surface area contributed by atoms with Gasteiger partial charge >= 0.3 is 5.97 Å². The highest BCUT2D eigenvalue weighted by Gasteiger charge is 2.48. The second kappa shape index (κ2) is 7.38. The van der Waals surface area contributed by atoms with Gasteiger partial charge in [-0.15, -0.1) is 0 Å². The van der Waals surface area contributed by atoms with E-state index in [9.17, 15) is 9.90 Å². The van der Waals surface area contributed by atoms with Gasteiger partial charge in [-0.05, 0) is 30.9 Å². The van der Waals surface area contributed by atoms with Gasteiger partial charge in [-0.3, -0.25) is 4.79 Å². The Bertz CT molecular complexity index is 704. The van der Waals surface area contributed by atoms with Crippen molar-refractivity contribution in [3.63, 3.8) is 0 Å². The fourth-order valence-corrected chi connectivity index (χ4v) is 3.98. The SMILES string of the molecule is CCOC(=O)[C@@H]1[C@@H](c2ccccc2)C[C@@](O)(c2ccccc2)C[C@@H]1N. The molecule has 1 aliphatic carbocycles. The monoisotopic (exact) mass is 339 g/mol. The van der Waals surface area contributed by atoms with E-state index in [0.29, 0.717) is 19.4 Å². The predicted molar refractivity (Wildman–Crippen MR) is 96.9 cm³/mol. The zero-order valence-electron chi connectivity index (χ0n) is 14.5. The molecule has 1 fully saturated rings. The fourth-order valence-electron chi connectivity index (χ4n) is 3.98. The zero-order chi connectivity index (χ0) is 17.9. The largest absolute Gasteiger partial charge is 0.466 e. The predicted octanol–water partition coefficient (Wildman–Crippen LogP) is 2.96. The minimum Gasteiger partial charge on any atom is -0.466 e. The average Bonchev–Trinajstić information content (AvgIpc) is 2.63. The van der Waals surface area contributed by atoms with Crippen molar-refractivity contribution < 1.29 is 14.6 Å². The summed E-state index contributed by atoms with van der Waals surface area (Å²) >= 11 is 0. The number of rotatable bonds is 4. The molecule has 132 valence electrons. The normalized spacial score (nSPS) is 29.2. The summed E-state index contributed by atoms with van der Waals surface area (Å²) in [6, 6.07) is 18.9. The molecule has 0 bridgehead atoms. The molecule has 2 aromatic rings. The van der Waals surface area contributed by atoms with Gasteiger partial charge in [0.2, 0.25) is 0 Å². The van der Waals surface area contributed by atoms with E-state index in [0.717, 1.165) is 11.1 Å². The van der Waals surface area contributed by atoms with Crippen LogP contribution in [-0.2, 0) is 15.1 Å². The van der Waals surface area contributed by atoms with Crippen LogP contribution in [0, 0.1) is 5.92 Å². The first-order valence-electron chi connectivity index (χ1n) is 8.80. The Morgan fingerprint density at radius 2 is 1.72 bits per heavy atom. The number of hydrogen-bond acceptors (Lipinski definition) is 4. The number of benzene rings is 2. The molecule has 3 rings (SSSR count). The van der Waals surface area contributed by atoms with Gasteiger partial charge in [-0.1, -0.05) is 60.7 Å². The van der Waals surface area contributed by atoms with E-state index in [1.54, 1.807) is 6.92 Å². The summed E-state index contributed by atoms with van der Waals surface area (Å²) in [5.74, 6) is -0.917. The Labute approximate surface area is 148 Å². The quantitative estimate of drug-likeness (QED) is 0.840. The molecule has 0 amide bonds. The first-order valence-corrected chi connectivity index (χ1v) is 8.80. The lowest BCUT2D eigenvalue weighted by molar-refractivity contribution is -0.153. The summed E-state index contributed by atoms with van der Waals surface area (Å²) < 4.78 is 5.28. The van der Waals surface area contributed by atoms with Crippen molar-refractivity contribution in [2.24, 2.45) is 11.7 Å². The Hall–Kier alpha value is -2.17. The molecule has 3 N–H and O–H groups in total. The lowest BCUT2D eigenvalue weighted by atomic mass is 9.65. The molecular formula is C21H25NO3. The van der Waals surface area contributed by atoms with Crippen molar-refractivity contribution in [2.75, 3.05) is 6.61 Å². The Balaban J connectivity index is 1.99.